The van der Waals surface area contributed by atoms with E-state index in [2.05, 4.69) is 4.98 Å². The second-order valence-corrected chi connectivity index (χ2v) is 6.23. The van der Waals surface area contributed by atoms with Gasteiger partial charge in [0, 0.05) is 25.1 Å². The lowest BCUT2D eigenvalue weighted by Crippen LogP contribution is -2.39. The summed E-state index contributed by atoms with van der Waals surface area (Å²) >= 11 is 0. The van der Waals surface area contributed by atoms with Gasteiger partial charge in [0.05, 0.1) is 0 Å². The average molecular weight is 328 g/mol. The molecule has 0 unspecified atom stereocenters. The Hall–Kier alpha value is -2.63. The number of piperidine rings is 1. The molecule has 1 amide bonds. The molecule has 2 aromatic rings. The molecule has 1 aromatic carbocycles. The molecule has 6 nitrogen and oxygen atoms in total. The number of aliphatic carboxylic acids is 1. The van der Waals surface area contributed by atoms with E-state index in [0.717, 1.165) is 11.1 Å². The van der Waals surface area contributed by atoms with Crippen LogP contribution < -0.4 is 0 Å². The zero-order valence-corrected chi connectivity index (χ0v) is 13.6. The predicted molar refractivity (Wildman–Crippen MR) is 87.6 cm³/mol. The molecule has 1 aliphatic rings. The number of benzene rings is 1. The summed E-state index contributed by atoms with van der Waals surface area (Å²) in [5, 5.41) is 8.87. The van der Waals surface area contributed by atoms with E-state index in [-0.39, 0.29) is 18.2 Å². The average Bonchev–Trinajstić information content (AvgIpc) is 3.04. The number of oxazole rings is 1. The first kappa shape index (κ1) is 16.2. The second-order valence-electron chi connectivity index (χ2n) is 6.23. The Morgan fingerprint density at radius 2 is 1.92 bits per heavy atom. The van der Waals surface area contributed by atoms with E-state index in [1.165, 1.54) is 6.39 Å². The van der Waals surface area contributed by atoms with Gasteiger partial charge >= 0.3 is 5.97 Å². The number of amides is 1. The van der Waals surface area contributed by atoms with Gasteiger partial charge in [0.25, 0.3) is 5.91 Å². The molecule has 1 N–H and O–H groups in total. The van der Waals surface area contributed by atoms with Crippen molar-refractivity contribution in [1.82, 2.24) is 9.88 Å². The fourth-order valence-corrected chi connectivity index (χ4v) is 3.05. The van der Waals surface area contributed by atoms with Crippen LogP contribution in [0.15, 0.2) is 35.1 Å². The number of aryl methyl sites for hydroxylation is 1. The Balaban J connectivity index is 1.72. The molecule has 0 atom stereocenters. The Bertz CT molecular complexity index is 728. The van der Waals surface area contributed by atoms with Crippen molar-refractivity contribution in [2.45, 2.75) is 26.2 Å². The lowest BCUT2D eigenvalue weighted by Gasteiger charge is -2.31. The van der Waals surface area contributed by atoms with Gasteiger partial charge in [-0.1, -0.05) is 29.8 Å². The molecule has 3 rings (SSSR count). The van der Waals surface area contributed by atoms with Gasteiger partial charge in [-0.25, -0.2) is 4.98 Å². The van der Waals surface area contributed by atoms with E-state index in [9.17, 15) is 9.59 Å². The molecular formula is C18H20N2O4. The van der Waals surface area contributed by atoms with Crippen molar-refractivity contribution >= 4 is 11.9 Å². The SMILES string of the molecule is Cc1ccc(-c2ocnc2C(=O)N2CCC(CC(=O)O)CC2)cc1. The fraction of sp³-hybridized carbons (Fsp3) is 0.389. The van der Waals surface area contributed by atoms with Crippen LogP contribution >= 0.6 is 0 Å². The number of aromatic nitrogens is 1. The van der Waals surface area contributed by atoms with Crippen molar-refractivity contribution in [1.29, 1.82) is 0 Å². The quantitative estimate of drug-likeness (QED) is 0.933. The summed E-state index contributed by atoms with van der Waals surface area (Å²) in [5.41, 5.74) is 2.27. The first-order valence-corrected chi connectivity index (χ1v) is 8.06. The van der Waals surface area contributed by atoms with Gasteiger partial charge in [0.1, 0.15) is 0 Å². The van der Waals surface area contributed by atoms with E-state index < -0.39 is 5.97 Å². The van der Waals surface area contributed by atoms with Crippen molar-refractivity contribution in [2.75, 3.05) is 13.1 Å². The number of nitrogens with zero attached hydrogens (tertiary/aromatic N) is 2. The lowest BCUT2D eigenvalue weighted by molar-refractivity contribution is -0.138. The number of likely N-dealkylation sites (tertiary alicyclic amines) is 1. The summed E-state index contributed by atoms with van der Waals surface area (Å²) in [6.45, 7) is 3.10. The van der Waals surface area contributed by atoms with Crippen LogP contribution in [0.1, 0.15) is 35.3 Å². The minimum atomic E-state index is -0.780. The highest BCUT2D eigenvalue weighted by molar-refractivity contribution is 5.97. The van der Waals surface area contributed by atoms with Crippen LogP contribution in [0.4, 0.5) is 0 Å². The molecule has 1 aromatic heterocycles. The summed E-state index contributed by atoms with van der Waals surface area (Å²) in [7, 11) is 0. The van der Waals surface area contributed by atoms with Crippen LogP contribution in [0.5, 0.6) is 0 Å². The lowest BCUT2D eigenvalue weighted by atomic mass is 9.93. The van der Waals surface area contributed by atoms with Gasteiger partial charge in [0.15, 0.2) is 17.8 Å². The molecule has 0 bridgehead atoms. The van der Waals surface area contributed by atoms with Gasteiger partial charge in [-0.05, 0) is 25.7 Å². The number of hydrogen-bond donors (Lipinski definition) is 1. The van der Waals surface area contributed by atoms with Gasteiger partial charge < -0.3 is 14.4 Å². The number of carboxylic acid groups (broad SMARTS) is 1. The minimum absolute atomic E-state index is 0.139. The van der Waals surface area contributed by atoms with Crippen LogP contribution in [0, 0.1) is 12.8 Å². The van der Waals surface area contributed by atoms with Crippen molar-refractivity contribution in [3.8, 4) is 11.3 Å². The summed E-state index contributed by atoms with van der Waals surface area (Å²) in [6, 6.07) is 7.74. The number of carboxylic acids is 1. The first-order chi connectivity index (χ1) is 11.5. The third-order valence-corrected chi connectivity index (χ3v) is 4.45. The molecule has 2 heterocycles. The van der Waals surface area contributed by atoms with E-state index in [4.69, 9.17) is 9.52 Å². The maximum absolute atomic E-state index is 12.7. The maximum atomic E-state index is 12.7. The maximum Gasteiger partial charge on any atom is 0.303 e. The molecule has 6 heteroatoms. The third-order valence-electron chi connectivity index (χ3n) is 4.45. The van der Waals surface area contributed by atoms with Crippen molar-refractivity contribution in [3.05, 3.63) is 41.9 Å². The van der Waals surface area contributed by atoms with Crippen LogP contribution in [-0.4, -0.2) is 40.0 Å². The van der Waals surface area contributed by atoms with Crippen LogP contribution in [-0.2, 0) is 4.79 Å². The number of hydrogen-bond acceptors (Lipinski definition) is 4. The van der Waals surface area contributed by atoms with Crippen LogP contribution in [0.3, 0.4) is 0 Å². The highest BCUT2D eigenvalue weighted by Crippen LogP contribution is 2.27. The van der Waals surface area contributed by atoms with E-state index >= 15 is 0 Å². The number of carbonyl (C=O) groups is 2. The molecule has 1 saturated heterocycles. The van der Waals surface area contributed by atoms with Crippen molar-refractivity contribution in [3.63, 3.8) is 0 Å². The predicted octanol–water partition coefficient (Wildman–Crippen LogP) is 2.98. The fourth-order valence-electron chi connectivity index (χ4n) is 3.05. The van der Waals surface area contributed by atoms with E-state index in [1.54, 1.807) is 4.90 Å². The minimum Gasteiger partial charge on any atom is -0.481 e. The molecule has 126 valence electrons. The summed E-state index contributed by atoms with van der Waals surface area (Å²) in [4.78, 5) is 29.4. The van der Waals surface area contributed by atoms with Crippen LogP contribution in [0.25, 0.3) is 11.3 Å². The highest BCUT2D eigenvalue weighted by Gasteiger charge is 2.28. The zero-order chi connectivity index (χ0) is 17.1. The van der Waals surface area contributed by atoms with E-state index in [1.807, 2.05) is 31.2 Å². The molecular weight excluding hydrogens is 308 g/mol. The summed E-state index contributed by atoms with van der Waals surface area (Å²) < 4.78 is 5.44. The number of rotatable bonds is 4. The molecule has 1 fully saturated rings. The molecule has 24 heavy (non-hydrogen) atoms. The molecule has 0 saturated carbocycles. The van der Waals surface area contributed by atoms with Gasteiger partial charge in [-0.15, -0.1) is 0 Å². The summed E-state index contributed by atoms with van der Waals surface area (Å²) in [5.74, 6) is -0.320. The zero-order valence-electron chi connectivity index (χ0n) is 13.6. The normalized spacial score (nSPS) is 15.5. The summed E-state index contributed by atoms with van der Waals surface area (Å²) in [6.07, 6.45) is 2.87. The Morgan fingerprint density at radius 1 is 1.25 bits per heavy atom. The second kappa shape index (κ2) is 6.86. The molecule has 0 radical (unpaired) electrons. The highest BCUT2D eigenvalue weighted by atomic mass is 16.4. The largest absolute Gasteiger partial charge is 0.481 e. The Morgan fingerprint density at radius 3 is 2.54 bits per heavy atom. The molecule has 0 spiro atoms. The smallest absolute Gasteiger partial charge is 0.303 e. The Labute approximate surface area is 140 Å². The first-order valence-electron chi connectivity index (χ1n) is 8.06. The van der Waals surface area contributed by atoms with Crippen LogP contribution in [0.2, 0.25) is 0 Å². The standard InChI is InChI=1S/C18H20N2O4/c1-12-2-4-14(5-3-12)17-16(19-11-24-17)18(23)20-8-6-13(7-9-20)10-15(21)22/h2-5,11,13H,6-10H2,1H3,(H,21,22). The van der Waals surface area contributed by atoms with E-state index in [0.29, 0.717) is 37.4 Å². The Kier molecular flexibility index (Phi) is 4.64. The molecule has 1 aliphatic heterocycles. The van der Waals surface area contributed by atoms with Gasteiger partial charge in [-0.2, -0.15) is 0 Å². The van der Waals surface area contributed by atoms with Crippen molar-refractivity contribution < 1.29 is 19.1 Å². The third kappa shape index (κ3) is 3.48. The van der Waals surface area contributed by atoms with Gasteiger partial charge in [-0.3, -0.25) is 9.59 Å². The monoisotopic (exact) mass is 328 g/mol. The topological polar surface area (TPSA) is 83.6 Å². The number of carbonyl (C=O) groups excluding carboxylic acids is 1. The molecule has 0 aliphatic carbocycles. The van der Waals surface area contributed by atoms with Crippen molar-refractivity contribution in [2.24, 2.45) is 5.92 Å². The van der Waals surface area contributed by atoms with Gasteiger partial charge in [0.2, 0.25) is 0 Å².